The molecule has 0 saturated heterocycles. The molecule has 2 aromatic rings. The Kier molecular flexibility index (Phi) is 5.85. The Balaban J connectivity index is 1.48. The maximum Gasteiger partial charge on any atom is 0.418 e. The van der Waals surface area contributed by atoms with E-state index >= 15 is 0 Å². The predicted molar refractivity (Wildman–Crippen MR) is 105 cm³/mol. The molecular formula is C22H23F3N2O3. The van der Waals surface area contributed by atoms with Gasteiger partial charge in [0.25, 0.3) is 0 Å². The Morgan fingerprint density at radius 1 is 1.07 bits per heavy atom. The van der Waals surface area contributed by atoms with Crippen molar-refractivity contribution in [2.24, 2.45) is 0 Å². The van der Waals surface area contributed by atoms with Crippen LogP contribution in [0.1, 0.15) is 36.8 Å². The van der Waals surface area contributed by atoms with E-state index < -0.39 is 17.6 Å². The van der Waals surface area contributed by atoms with Gasteiger partial charge in [0.1, 0.15) is 0 Å². The summed E-state index contributed by atoms with van der Waals surface area (Å²) in [5.41, 5.74) is -0.0966. The maximum atomic E-state index is 13.2. The largest absolute Gasteiger partial charge is 0.454 e. The first-order chi connectivity index (χ1) is 14.4. The molecule has 1 aliphatic heterocycles. The zero-order valence-corrected chi connectivity index (χ0v) is 16.4. The van der Waals surface area contributed by atoms with Crippen molar-refractivity contribution >= 4 is 11.6 Å². The standard InChI is InChI=1S/C22H23F3N2O3/c23-22(24,25)17-7-3-4-8-18(17)26-21(28)13-27(16-5-1-2-6-16)12-15-9-10-19-20(11-15)30-14-29-19/h3-4,7-11,16H,1-2,5-6,12-14H2,(H,26,28). The van der Waals surface area contributed by atoms with Gasteiger partial charge in [0, 0.05) is 12.6 Å². The van der Waals surface area contributed by atoms with Gasteiger partial charge in [-0.15, -0.1) is 0 Å². The van der Waals surface area contributed by atoms with E-state index in [4.69, 9.17) is 9.47 Å². The average Bonchev–Trinajstić information content (AvgIpc) is 3.38. The second kappa shape index (κ2) is 8.55. The molecule has 160 valence electrons. The third-order valence-corrected chi connectivity index (χ3v) is 5.52. The van der Waals surface area contributed by atoms with Crippen LogP contribution in [0.5, 0.6) is 11.5 Å². The lowest BCUT2D eigenvalue weighted by Crippen LogP contribution is -2.39. The number of carbonyl (C=O) groups excluding carboxylic acids is 1. The molecule has 8 heteroatoms. The van der Waals surface area contributed by atoms with Crippen LogP contribution in [0.2, 0.25) is 0 Å². The zero-order valence-electron chi connectivity index (χ0n) is 16.4. The van der Waals surface area contributed by atoms with Gasteiger partial charge in [0.2, 0.25) is 12.7 Å². The number of para-hydroxylation sites is 1. The molecule has 0 bridgehead atoms. The lowest BCUT2D eigenvalue weighted by molar-refractivity contribution is -0.137. The minimum Gasteiger partial charge on any atom is -0.454 e. The molecule has 2 aromatic carbocycles. The summed E-state index contributed by atoms with van der Waals surface area (Å²) in [6, 6.07) is 10.9. The molecule has 0 unspecified atom stereocenters. The second-order valence-electron chi connectivity index (χ2n) is 7.62. The predicted octanol–water partition coefficient (Wildman–Crippen LogP) is 4.82. The minimum atomic E-state index is -4.53. The highest BCUT2D eigenvalue weighted by atomic mass is 19.4. The molecule has 1 amide bonds. The van der Waals surface area contributed by atoms with Gasteiger partial charge in [-0.2, -0.15) is 13.2 Å². The van der Waals surface area contributed by atoms with Gasteiger partial charge in [-0.05, 0) is 42.7 Å². The summed E-state index contributed by atoms with van der Waals surface area (Å²) in [6.07, 6.45) is -0.420. The Bertz CT molecular complexity index is 911. The van der Waals surface area contributed by atoms with Crippen LogP contribution in [-0.2, 0) is 17.5 Å². The van der Waals surface area contributed by atoms with E-state index in [-0.39, 0.29) is 25.1 Å². The molecule has 1 saturated carbocycles. The van der Waals surface area contributed by atoms with Crippen molar-refractivity contribution in [3.05, 3.63) is 53.6 Å². The summed E-state index contributed by atoms with van der Waals surface area (Å²) in [5.74, 6) is 0.898. The van der Waals surface area contributed by atoms with Crippen molar-refractivity contribution in [3.63, 3.8) is 0 Å². The van der Waals surface area contributed by atoms with Crippen LogP contribution < -0.4 is 14.8 Å². The van der Waals surface area contributed by atoms with Gasteiger partial charge in [-0.25, -0.2) is 0 Å². The normalized spacial score (nSPS) is 16.3. The minimum absolute atomic E-state index is 0.0191. The van der Waals surface area contributed by atoms with E-state index in [1.54, 1.807) is 0 Å². The number of hydrogen-bond donors (Lipinski definition) is 1. The first-order valence-corrected chi connectivity index (χ1v) is 9.99. The lowest BCUT2D eigenvalue weighted by atomic mass is 10.1. The van der Waals surface area contributed by atoms with Crippen molar-refractivity contribution in [1.29, 1.82) is 0 Å². The number of benzene rings is 2. The monoisotopic (exact) mass is 420 g/mol. The number of alkyl halides is 3. The molecular weight excluding hydrogens is 397 g/mol. The van der Waals surface area contributed by atoms with Crippen LogP contribution >= 0.6 is 0 Å². The van der Waals surface area contributed by atoms with Crippen molar-refractivity contribution < 1.29 is 27.4 Å². The third kappa shape index (κ3) is 4.70. The molecule has 5 nitrogen and oxygen atoms in total. The van der Waals surface area contributed by atoms with E-state index in [0.29, 0.717) is 18.0 Å². The average molecular weight is 420 g/mol. The highest BCUT2D eigenvalue weighted by molar-refractivity contribution is 5.93. The second-order valence-corrected chi connectivity index (χ2v) is 7.62. The van der Waals surface area contributed by atoms with E-state index in [0.717, 1.165) is 37.3 Å². The van der Waals surface area contributed by atoms with E-state index in [9.17, 15) is 18.0 Å². The summed E-state index contributed by atoms with van der Waals surface area (Å²) >= 11 is 0. The fraction of sp³-hybridized carbons (Fsp3) is 0.409. The molecule has 0 radical (unpaired) electrons. The summed E-state index contributed by atoms with van der Waals surface area (Å²) in [6.45, 7) is 0.715. The zero-order chi connectivity index (χ0) is 21.1. The van der Waals surface area contributed by atoms with Crippen molar-refractivity contribution in [2.45, 2.75) is 44.4 Å². The van der Waals surface area contributed by atoms with Gasteiger partial charge < -0.3 is 14.8 Å². The number of anilines is 1. The smallest absolute Gasteiger partial charge is 0.418 e. The third-order valence-electron chi connectivity index (χ3n) is 5.52. The summed E-state index contributed by atoms with van der Waals surface area (Å²) in [4.78, 5) is 14.7. The number of nitrogens with zero attached hydrogens (tertiary/aromatic N) is 1. The maximum absolute atomic E-state index is 13.2. The van der Waals surface area contributed by atoms with Gasteiger partial charge >= 0.3 is 6.18 Å². The number of hydrogen-bond acceptors (Lipinski definition) is 4. The summed E-state index contributed by atoms with van der Waals surface area (Å²) in [5, 5.41) is 2.45. The molecule has 1 N–H and O–H groups in total. The van der Waals surface area contributed by atoms with Crippen LogP contribution in [0, 0.1) is 0 Å². The van der Waals surface area contributed by atoms with Gasteiger partial charge in [-0.3, -0.25) is 9.69 Å². The molecule has 30 heavy (non-hydrogen) atoms. The van der Waals surface area contributed by atoms with Crippen LogP contribution in [0.25, 0.3) is 0 Å². The summed E-state index contributed by atoms with van der Waals surface area (Å²) in [7, 11) is 0. The Morgan fingerprint density at radius 3 is 2.57 bits per heavy atom. The number of nitrogens with one attached hydrogen (secondary N) is 1. The highest BCUT2D eigenvalue weighted by Gasteiger charge is 2.34. The van der Waals surface area contributed by atoms with Crippen molar-refractivity contribution in [1.82, 2.24) is 4.90 Å². The quantitative estimate of drug-likeness (QED) is 0.728. The van der Waals surface area contributed by atoms with E-state index in [2.05, 4.69) is 5.32 Å². The van der Waals surface area contributed by atoms with Crippen molar-refractivity contribution in [2.75, 3.05) is 18.7 Å². The number of carbonyl (C=O) groups is 1. The SMILES string of the molecule is O=C(CN(Cc1ccc2c(c1)OCO2)C1CCCC1)Nc1ccccc1C(F)(F)F. The molecule has 1 fully saturated rings. The van der Waals surface area contributed by atoms with Crippen LogP contribution in [0.15, 0.2) is 42.5 Å². The number of ether oxygens (including phenoxy) is 2. The lowest BCUT2D eigenvalue weighted by Gasteiger charge is -2.28. The highest BCUT2D eigenvalue weighted by Crippen LogP contribution is 2.35. The number of amides is 1. The molecule has 0 atom stereocenters. The Hall–Kier alpha value is -2.74. The fourth-order valence-electron chi connectivity index (χ4n) is 4.07. The van der Waals surface area contributed by atoms with Crippen LogP contribution in [0.4, 0.5) is 18.9 Å². The Labute approximate surface area is 172 Å². The van der Waals surface area contributed by atoms with Crippen molar-refractivity contribution in [3.8, 4) is 11.5 Å². The van der Waals surface area contributed by atoms with E-state index in [1.165, 1.54) is 18.2 Å². The van der Waals surface area contributed by atoms with E-state index in [1.807, 2.05) is 23.1 Å². The Morgan fingerprint density at radius 2 is 1.80 bits per heavy atom. The summed E-state index contributed by atoms with van der Waals surface area (Å²) < 4.78 is 50.4. The number of fused-ring (bicyclic) bond motifs is 1. The molecule has 1 aliphatic carbocycles. The number of halogens is 3. The van der Waals surface area contributed by atoms with Gasteiger partial charge in [0.05, 0.1) is 17.8 Å². The van der Waals surface area contributed by atoms with Gasteiger partial charge in [-0.1, -0.05) is 31.0 Å². The van der Waals surface area contributed by atoms with Crippen LogP contribution in [0.3, 0.4) is 0 Å². The first-order valence-electron chi connectivity index (χ1n) is 9.99. The molecule has 0 spiro atoms. The molecule has 1 heterocycles. The molecule has 2 aliphatic rings. The van der Waals surface area contributed by atoms with Gasteiger partial charge in [0.15, 0.2) is 11.5 Å². The molecule has 0 aromatic heterocycles. The number of rotatable bonds is 6. The topological polar surface area (TPSA) is 50.8 Å². The fourth-order valence-corrected chi connectivity index (χ4v) is 4.07. The van der Waals surface area contributed by atoms with Crippen LogP contribution in [-0.4, -0.2) is 30.2 Å². The molecule has 4 rings (SSSR count). The first kappa shape index (κ1) is 20.5.